The molecule has 0 saturated carbocycles. The van der Waals surface area contributed by atoms with Crippen molar-refractivity contribution in [2.75, 3.05) is 0 Å². The second-order valence-corrected chi connectivity index (χ2v) is 4.76. The summed E-state index contributed by atoms with van der Waals surface area (Å²) in [6.45, 7) is 1.58. The van der Waals surface area contributed by atoms with E-state index in [0.717, 1.165) is 6.07 Å². The van der Waals surface area contributed by atoms with Crippen LogP contribution in [0.4, 0.5) is 0 Å². The molecule has 21 heavy (non-hydrogen) atoms. The van der Waals surface area contributed by atoms with Crippen LogP contribution in [0, 0.1) is 6.92 Å². The molecule has 0 aromatic heterocycles. The van der Waals surface area contributed by atoms with Gasteiger partial charge >= 0.3 is 5.97 Å². The lowest BCUT2D eigenvalue weighted by Gasteiger charge is -2.10. The Morgan fingerprint density at radius 2 is 1.62 bits per heavy atom. The number of hydrogen-bond donors (Lipinski definition) is 3. The predicted octanol–water partition coefficient (Wildman–Crippen LogP) is 2.53. The van der Waals surface area contributed by atoms with Gasteiger partial charge in [-0.15, -0.1) is 0 Å². The van der Waals surface area contributed by atoms with Crippen LogP contribution in [-0.2, 0) is 6.42 Å². The van der Waals surface area contributed by atoms with Crippen LogP contribution < -0.4 is 0 Å². The summed E-state index contributed by atoms with van der Waals surface area (Å²) >= 11 is 0. The number of Topliss-reactive ketones (excluding diaryl/α,β-unsaturated/α-hetero) is 1. The lowest BCUT2D eigenvalue weighted by atomic mass is 9.94. The van der Waals surface area contributed by atoms with E-state index in [1.165, 1.54) is 18.2 Å². The molecule has 0 saturated heterocycles. The molecular weight excluding hydrogens is 272 g/mol. The minimum Gasteiger partial charge on any atom is -0.508 e. The molecule has 0 aliphatic rings. The molecule has 0 spiro atoms. The Labute approximate surface area is 121 Å². The van der Waals surface area contributed by atoms with Crippen LogP contribution in [0.25, 0.3) is 0 Å². The molecule has 108 valence electrons. The van der Waals surface area contributed by atoms with E-state index in [1.54, 1.807) is 19.1 Å². The van der Waals surface area contributed by atoms with Crippen LogP contribution in [0.1, 0.15) is 31.8 Å². The fourth-order valence-corrected chi connectivity index (χ4v) is 2.19. The van der Waals surface area contributed by atoms with Gasteiger partial charge in [0.15, 0.2) is 5.78 Å². The number of carbonyl (C=O) groups is 2. The molecular formula is C16H14O5. The molecule has 0 heterocycles. The number of rotatable bonds is 4. The molecule has 0 unspecified atom stereocenters. The first-order chi connectivity index (χ1) is 9.88. The molecule has 5 nitrogen and oxygen atoms in total. The number of aromatic hydroxyl groups is 2. The molecule has 0 atom stereocenters. The number of phenols is 2. The molecule has 0 amide bonds. The lowest BCUT2D eigenvalue weighted by Crippen LogP contribution is -2.13. The van der Waals surface area contributed by atoms with Crippen molar-refractivity contribution < 1.29 is 24.9 Å². The van der Waals surface area contributed by atoms with E-state index in [-0.39, 0.29) is 34.8 Å². The first-order valence-electron chi connectivity index (χ1n) is 6.26. The maximum absolute atomic E-state index is 12.3. The van der Waals surface area contributed by atoms with Gasteiger partial charge in [0.1, 0.15) is 11.5 Å². The minimum absolute atomic E-state index is 0.0200. The molecule has 2 aromatic carbocycles. The second kappa shape index (κ2) is 5.66. The number of carbonyl (C=O) groups excluding carboxylic acids is 1. The van der Waals surface area contributed by atoms with Gasteiger partial charge in [-0.2, -0.15) is 0 Å². The Morgan fingerprint density at radius 3 is 2.19 bits per heavy atom. The SMILES string of the molecule is Cc1cc(O)cc(C(=O)O)c1C(=O)Cc1ccc(O)cc1. The zero-order chi connectivity index (χ0) is 15.6. The van der Waals surface area contributed by atoms with Gasteiger partial charge in [0.05, 0.1) is 5.56 Å². The Kier molecular flexibility index (Phi) is 3.93. The van der Waals surface area contributed by atoms with Crippen molar-refractivity contribution in [2.45, 2.75) is 13.3 Å². The van der Waals surface area contributed by atoms with Gasteiger partial charge in [0.2, 0.25) is 0 Å². The Bertz CT molecular complexity index is 701. The van der Waals surface area contributed by atoms with Crippen molar-refractivity contribution in [3.8, 4) is 11.5 Å². The third-order valence-corrected chi connectivity index (χ3v) is 3.13. The standard InChI is InChI=1S/C16H14O5/c1-9-6-12(18)8-13(16(20)21)15(9)14(19)7-10-2-4-11(17)5-3-10/h2-6,8,17-18H,7H2,1H3,(H,20,21). The van der Waals surface area contributed by atoms with Crippen LogP contribution in [0.3, 0.4) is 0 Å². The number of aryl methyl sites for hydroxylation is 1. The van der Waals surface area contributed by atoms with Crippen molar-refractivity contribution in [1.29, 1.82) is 0 Å². The van der Waals surface area contributed by atoms with Gasteiger partial charge in [-0.05, 0) is 42.3 Å². The summed E-state index contributed by atoms with van der Waals surface area (Å²) < 4.78 is 0. The highest BCUT2D eigenvalue weighted by atomic mass is 16.4. The van der Waals surface area contributed by atoms with Crippen LogP contribution in [0.5, 0.6) is 11.5 Å². The van der Waals surface area contributed by atoms with Crippen LogP contribution >= 0.6 is 0 Å². The number of carboxylic acid groups (broad SMARTS) is 1. The van der Waals surface area contributed by atoms with E-state index in [0.29, 0.717) is 11.1 Å². The van der Waals surface area contributed by atoms with Crippen molar-refractivity contribution in [1.82, 2.24) is 0 Å². The number of benzene rings is 2. The first kappa shape index (κ1) is 14.6. The Balaban J connectivity index is 2.39. The van der Waals surface area contributed by atoms with E-state index < -0.39 is 5.97 Å². The van der Waals surface area contributed by atoms with Crippen LogP contribution in [0.2, 0.25) is 0 Å². The fourth-order valence-electron chi connectivity index (χ4n) is 2.19. The van der Waals surface area contributed by atoms with Crippen LogP contribution in [0.15, 0.2) is 36.4 Å². The number of aromatic carboxylic acids is 1. The third kappa shape index (κ3) is 3.20. The number of hydrogen-bond acceptors (Lipinski definition) is 4. The molecule has 0 radical (unpaired) electrons. The maximum atomic E-state index is 12.3. The average molecular weight is 286 g/mol. The Morgan fingerprint density at radius 1 is 1.00 bits per heavy atom. The highest BCUT2D eigenvalue weighted by Gasteiger charge is 2.20. The summed E-state index contributed by atoms with van der Waals surface area (Å²) in [5.41, 5.74) is 0.961. The summed E-state index contributed by atoms with van der Waals surface area (Å²) in [5.74, 6) is -1.71. The van der Waals surface area contributed by atoms with Crippen molar-refractivity contribution in [3.05, 3.63) is 58.7 Å². The quantitative estimate of drug-likeness (QED) is 0.751. The number of phenolic OH excluding ortho intramolecular Hbond substituents is 2. The van der Waals surface area contributed by atoms with Crippen molar-refractivity contribution in [3.63, 3.8) is 0 Å². The van der Waals surface area contributed by atoms with Gasteiger partial charge in [-0.25, -0.2) is 4.79 Å². The van der Waals surface area contributed by atoms with E-state index in [1.807, 2.05) is 0 Å². The summed E-state index contributed by atoms with van der Waals surface area (Å²) in [6.07, 6.45) is 0.0200. The zero-order valence-electron chi connectivity index (χ0n) is 11.3. The molecule has 3 N–H and O–H groups in total. The average Bonchev–Trinajstić information content (AvgIpc) is 2.40. The van der Waals surface area contributed by atoms with Gasteiger partial charge in [0.25, 0.3) is 0 Å². The predicted molar refractivity (Wildman–Crippen MR) is 75.9 cm³/mol. The molecule has 5 heteroatoms. The minimum atomic E-state index is -1.26. The molecule has 0 fully saturated rings. The summed E-state index contributed by atoms with van der Waals surface area (Å²) in [5, 5.41) is 27.8. The highest BCUT2D eigenvalue weighted by molar-refractivity contribution is 6.07. The monoisotopic (exact) mass is 286 g/mol. The van der Waals surface area contributed by atoms with Gasteiger partial charge in [0, 0.05) is 12.0 Å². The van der Waals surface area contributed by atoms with E-state index in [4.69, 9.17) is 5.11 Å². The molecule has 0 aliphatic heterocycles. The van der Waals surface area contributed by atoms with Gasteiger partial charge in [-0.1, -0.05) is 12.1 Å². The van der Waals surface area contributed by atoms with Gasteiger partial charge < -0.3 is 15.3 Å². The highest BCUT2D eigenvalue weighted by Crippen LogP contribution is 2.23. The maximum Gasteiger partial charge on any atom is 0.336 e. The first-order valence-corrected chi connectivity index (χ1v) is 6.26. The van der Waals surface area contributed by atoms with E-state index >= 15 is 0 Å². The third-order valence-electron chi connectivity index (χ3n) is 3.13. The van der Waals surface area contributed by atoms with Gasteiger partial charge in [-0.3, -0.25) is 4.79 Å². The Hall–Kier alpha value is -2.82. The summed E-state index contributed by atoms with van der Waals surface area (Å²) in [7, 11) is 0. The van der Waals surface area contributed by atoms with E-state index in [9.17, 15) is 19.8 Å². The normalized spacial score (nSPS) is 10.3. The molecule has 2 aromatic rings. The topological polar surface area (TPSA) is 94.8 Å². The largest absolute Gasteiger partial charge is 0.508 e. The molecule has 2 rings (SSSR count). The van der Waals surface area contributed by atoms with Crippen molar-refractivity contribution >= 4 is 11.8 Å². The lowest BCUT2D eigenvalue weighted by molar-refractivity contribution is 0.0691. The molecule has 0 bridgehead atoms. The van der Waals surface area contributed by atoms with Crippen LogP contribution in [-0.4, -0.2) is 27.1 Å². The summed E-state index contributed by atoms with van der Waals surface area (Å²) in [4.78, 5) is 23.6. The number of carboxylic acids is 1. The number of ketones is 1. The second-order valence-electron chi connectivity index (χ2n) is 4.76. The smallest absolute Gasteiger partial charge is 0.336 e. The summed E-state index contributed by atoms with van der Waals surface area (Å²) in [6, 6.07) is 8.55. The zero-order valence-corrected chi connectivity index (χ0v) is 11.3. The van der Waals surface area contributed by atoms with Crippen molar-refractivity contribution in [2.24, 2.45) is 0 Å². The van der Waals surface area contributed by atoms with E-state index in [2.05, 4.69) is 0 Å². The fraction of sp³-hybridized carbons (Fsp3) is 0.125. The molecule has 0 aliphatic carbocycles.